The molecule has 2 saturated heterocycles. The van der Waals surface area contributed by atoms with E-state index in [1.807, 2.05) is 13.8 Å². The third-order valence-corrected chi connectivity index (χ3v) is 4.88. The second-order valence-electron chi connectivity index (χ2n) is 6.50. The summed E-state index contributed by atoms with van der Waals surface area (Å²) in [5.74, 6) is 0.450. The van der Waals surface area contributed by atoms with Gasteiger partial charge in [-0.25, -0.2) is 0 Å². The van der Waals surface area contributed by atoms with Crippen molar-refractivity contribution in [1.82, 2.24) is 9.80 Å². The topological polar surface area (TPSA) is 26.7 Å². The first-order valence-corrected chi connectivity index (χ1v) is 7.89. The number of aromatic hydroxyl groups is 1. The first-order valence-electron chi connectivity index (χ1n) is 7.89. The lowest BCUT2D eigenvalue weighted by atomic mass is 9.99. The maximum atomic E-state index is 9.87. The van der Waals surface area contributed by atoms with Gasteiger partial charge in [-0.05, 0) is 49.9 Å². The number of aryl methyl sites for hydroxylation is 2. The molecule has 2 aliphatic rings. The molecule has 2 fully saturated rings. The van der Waals surface area contributed by atoms with E-state index in [1.54, 1.807) is 0 Å². The van der Waals surface area contributed by atoms with Crippen LogP contribution in [0.2, 0.25) is 0 Å². The summed E-state index contributed by atoms with van der Waals surface area (Å²) >= 11 is 0. The average molecular weight is 274 g/mol. The van der Waals surface area contributed by atoms with Gasteiger partial charge in [0.1, 0.15) is 5.75 Å². The molecule has 1 N–H and O–H groups in total. The van der Waals surface area contributed by atoms with E-state index in [2.05, 4.69) is 21.9 Å². The molecule has 0 amide bonds. The van der Waals surface area contributed by atoms with Gasteiger partial charge in [-0.3, -0.25) is 9.80 Å². The van der Waals surface area contributed by atoms with E-state index in [-0.39, 0.29) is 0 Å². The first-order chi connectivity index (χ1) is 9.63. The number of hydrogen-bond acceptors (Lipinski definition) is 3. The van der Waals surface area contributed by atoms with E-state index < -0.39 is 0 Å². The lowest BCUT2D eigenvalue weighted by Gasteiger charge is -2.44. The van der Waals surface area contributed by atoms with E-state index in [0.717, 1.165) is 23.7 Å². The Kier molecular flexibility index (Phi) is 3.99. The molecule has 0 aliphatic carbocycles. The van der Waals surface area contributed by atoms with Crippen LogP contribution in [-0.4, -0.2) is 47.1 Å². The minimum atomic E-state index is 0.450. The van der Waals surface area contributed by atoms with Gasteiger partial charge in [0.15, 0.2) is 0 Å². The Labute approximate surface area is 122 Å². The van der Waals surface area contributed by atoms with Gasteiger partial charge in [-0.2, -0.15) is 0 Å². The second-order valence-corrected chi connectivity index (χ2v) is 6.50. The molecule has 0 bridgehead atoms. The van der Waals surface area contributed by atoms with Gasteiger partial charge >= 0.3 is 0 Å². The molecule has 0 saturated carbocycles. The first kappa shape index (κ1) is 13.9. The van der Waals surface area contributed by atoms with Crippen LogP contribution in [0.15, 0.2) is 12.1 Å². The predicted molar refractivity (Wildman–Crippen MR) is 82.1 cm³/mol. The van der Waals surface area contributed by atoms with Gasteiger partial charge in [-0.1, -0.05) is 18.6 Å². The quantitative estimate of drug-likeness (QED) is 0.898. The van der Waals surface area contributed by atoms with Crippen molar-refractivity contribution in [3.05, 3.63) is 28.8 Å². The van der Waals surface area contributed by atoms with Crippen LogP contribution in [0.25, 0.3) is 0 Å². The third-order valence-electron chi connectivity index (χ3n) is 4.88. The van der Waals surface area contributed by atoms with Crippen molar-refractivity contribution in [2.24, 2.45) is 0 Å². The normalized spacial score (nSPS) is 24.6. The summed E-state index contributed by atoms with van der Waals surface area (Å²) in [6.07, 6.45) is 4.14. The molecule has 110 valence electrons. The number of benzene rings is 1. The van der Waals surface area contributed by atoms with Gasteiger partial charge in [-0.15, -0.1) is 0 Å². The SMILES string of the molecule is Cc1cc(CN2CCN3CCCCC3C2)cc(C)c1O. The molecule has 1 atom stereocenters. The second kappa shape index (κ2) is 5.74. The molecule has 20 heavy (non-hydrogen) atoms. The van der Waals surface area contributed by atoms with Gasteiger partial charge in [0.25, 0.3) is 0 Å². The molecule has 0 aromatic heterocycles. The van der Waals surface area contributed by atoms with E-state index in [0.29, 0.717) is 5.75 Å². The summed E-state index contributed by atoms with van der Waals surface area (Å²) in [4.78, 5) is 5.26. The molecule has 3 heteroatoms. The largest absolute Gasteiger partial charge is 0.507 e. The van der Waals surface area contributed by atoms with E-state index in [9.17, 15) is 5.11 Å². The lowest BCUT2D eigenvalue weighted by molar-refractivity contribution is 0.0456. The highest BCUT2D eigenvalue weighted by Crippen LogP contribution is 2.25. The Bertz CT molecular complexity index is 463. The number of rotatable bonds is 2. The van der Waals surface area contributed by atoms with Crippen LogP contribution >= 0.6 is 0 Å². The average Bonchev–Trinajstić information content (AvgIpc) is 2.44. The summed E-state index contributed by atoms with van der Waals surface area (Å²) in [5.41, 5.74) is 3.33. The molecule has 0 radical (unpaired) electrons. The molecule has 0 spiro atoms. The fourth-order valence-electron chi connectivity index (χ4n) is 3.76. The van der Waals surface area contributed by atoms with Crippen molar-refractivity contribution in [3.63, 3.8) is 0 Å². The summed E-state index contributed by atoms with van der Waals surface area (Å²) in [6, 6.07) is 5.04. The van der Waals surface area contributed by atoms with Crippen molar-refractivity contribution >= 4 is 0 Å². The van der Waals surface area contributed by atoms with E-state index in [1.165, 1.54) is 51.0 Å². The van der Waals surface area contributed by atoms with Crippen molar-refractivity contribution in [2.45, 2.75) is 45.7 Å². The Balaban J connectivity index is 1.66. The third kappa shape index (κ3) is 2.84. The standard InChI is InChI=1S/C17H26N2O/c1-13-9-15(10-14(2)17(13)20)11-18-7-8-19-6-4-3-5-16(19)12-18/h9-10,16,20H,3-8,11-12H2,1-2H3. The number of piperidine rings is 1. The van der Waals surface area contributed by atoms with Crippen LogP contribution in [-0.2, 0) is 6.54 Å². The monoisotopic (exact) mass is 274 g/mol. The van der Waals surface area contributed by atoms with Gasteiger partial charge < -0.3 is 5.11 Å². The number of phenols is 1. The predicted octanol–water partition coefficient (Wildman–Crippen LogP) is 2.68. The minimum absolute atomic E-state index is 0.450. The van der Waals surface area contributed by atoms with Gasteiger partial charge in [0.05, 0.1) is 0 Å². The van der Waals surface area contributed by atoms with Crippen LogP contribution in [0.4, 0.5) is 0 Å². The van der Waals surface area contributed by atoms with Crippen molar-refractivity contribution in [3.8, 4) is 5.75 Å². The number of hydrogen-bond donors (Lipinski definition) is 1. The Morgan fingerprint density at radius 1 is 1.10 bits per heavy atom. The zero-order valence-corrected chi connectivity index (χ0v) is 12.7. The van der Waals surface area contributed by atoms with E-state index in [4.69, 9.17) is 0 Å². The fraction of sp³-hybridized carbons (Fsp3) is 0.647. The highest BCUT2D eigenvalue weighted by atomic mass is 16.3. The number of piperazine rings is 1. The summed E-state index contributed by atoms with van der Waals surface area (Å²) in [7, 11) is 0. The van der Waals surface area contributed by atoms with E-state index >= 15 is 0 Å². The Morgan fingerprint density at radius 3 is 2.60 bits per heavy atom. The molecular formula is C17H26N2O. The lowest BCUT2D eigenvalue weighted by Crippen LogP contribution is -2.54. The highest BCUT2D eigenvalue weighted by molar-refractivity contribution is 5.42. The van der Waals surface area contributed by atoms with Crippen LogP contribution < -0.4 is 0 Å². The molecule has 2 aliphatic heterocycles. The maximum Gasteiger partial charge on any atom is 0.121 e. The van der Waals surface area contributed by atoms with Crippen LogP contribution in [0.5, 0.6) is 5.75 Å². The number of fused-ring (bicyclic) bond motifs is 1. The van der Waals surface area contributed by atoms with Crippen LogP contribution in [0.3, 0.4) is 0 Å². The fourth-order valence-corrected chi connectivity index (χ4v) is 3.76. The molecule has 1 aromatic carbocycles. The number of nitrogens with zero attached hydrogens (tertiary/aromatic N) is 2. The van der Waals surface area contributed by atoms with Crippen LogP contribution in [0, 0.1) is 13.8 Å². The molecular weight excluding hydrogens is 248 g/mol. The summed E-state index contributed by atoms with van der Waals surface area (Å²) in [5, 5.41) is 9.87. The summed E-state index contributed by atoms with van der Waals surface area (Å²) in [6.45, 7) is 9.91. The number of phenolic OH excluding ortho intramolecular Hbond substituents is 1. The molecule has 1 aromatic rings. The van der Waals surface area contributed by atoms with Crippen molar-refractivity contribution < 1.29 is 5.11 Å². The maximum absolute atomic E-state index is 9.87. The minimum Gasteiger partial charge on any atom is -0.507 e. The Morgan fingerprint density at radius 2 is 1.85 bits per heavy atom. The van der Waals surface area contributed by atoms with Crippen molar-refractivity contribution in [2.75, 3.05) is 26.2 Å². The summed E-state index contributed by atoms with van der Waals surface area (Å²) < 4.78 is 0. The molecule has 2 heterocycles. The smallest absolute Gasteiger partial charge is 0.121 e. The molecule has 3 nitrogen and oxygen atoms in total. The van der Waals surface area contributed by atoms with Crippen LogP contribution in [0.1, 0.15) is 36.0 Å². The van der Waals surface area contributed by atoms with Crippen molar-refractivity contribution in [1.29, 1.82) is 0 Å². The Hall–Kier alpha value is -1.06. The molecule has 1 unspecified atom stereocenters. The van der Waals surface area contributed by atoms with Gasteiger partial charge in [0.2, 0.25) is 0 Å². The zero-order chi connectivity index (χ0) is 14.1. The highest BCUT2D eigenvalue weighted by Gasteiger charge is 2.28. The van der Waals surface area contributed by atoms with Gasteiger partial charge in [0, 0.05) is 32.2 Å². The zero-order valence-electron chi connectivity index (χ0n) is 12.7. The molecule has 3 rings (SSSR count).